The van der Waals surface area contributed by atoms with Gasteiger partial charge in [-0.05, 0) is 13.0 Å². The zero-order valence-electron chi connectivity index (χ0n) is 9.38. The first kappa shape index (κ1) is 12.6. The first-order valence-electron chi connectivity index (χ1n) is 4.99. The maximum Gasteiger partial charge on any atom is 0.250 e. The van der Waals surface area contributed by atoms with Crippen molar-refractivity contribution in [2.45, 2.75) is 6.92 Å². The number of nitrogens with zero attached hydrogens (tertiary/aromatic N) is 1. The minimum Gasteiger partial charge on any atom is -0.366 e. The molecule has 0 aliphatic carbocycles. The van der Waals surface area contributed by atoms with Crippen LogP contribution in [0.2, 0.25) is 0 Å². The van der Waals surface area contributed by atoms with Gasteiger partial charge in [0, 0.05) is 12.3 Å². The number of pyridine rings is 1. The van der Waals surface area contributed by atoms with E-state index in [1.54, 1.807) is 18.2 Å². The Kier molecular flexibility index (Phi) is 4.62. The van der Waals surface area contributed by atoms with E-state index < -0.39 is 5.91 Å². The van der Waals surface area contributed by atoms with Gasteiger partial charge in [-0.15, -0.1) is 0 Å². The zero-order chi connectivity index (χ0) is 12.7. The molecule has 0 unspecified atom stereocenters. The molecule has 17 heavy (non-hydrogen) atoms. The Balaban J connectivity index is 2.81. The zero-order valence-corrected chi connectivity index (χ0v) is 9.38. The third-order valence-electron chi connectivity index (χ3n) is 1.90. The van der Waals surface area contributed by atoms with Crippen molar-refractivity contribution < 1.29 is 9.59 Å². The molecule has 3 N–H and O–H groups in total. The van der Waals surface area contributed by atoms with E-state index in [4.69, 9.17) is 5.73 Å². The second kappa shape index (κ2) is 6.22. The first-order chi connectivity index (χ1) is 8.15. The molecule has 1 heterocycles. The second-order valence-corrected chi connectivity index (χ2v) is 3.16. The Labute approximate surface area is 99.0 Å². The molecule has 0 aliphatic rings. The molecule has 0 fully saturated rings. The van der Waals surface area contributed by atoms with Crippen LogP contribution in [-0.4, -0.2) is 16.8 Å². The summed E-state index contributed by atoms with van der Waals surface area (Å²) >= 11 is 0. The van der Waals surface area contributed by atoms with Gasteiger partial charge in [-0.3, -0.25) is 14.6 Å². The van der Waals surface area contributed by atoms with Gasteiger partial charge >= 0.3 is 0 Å². The summed E-state index contributed by atoms with van der Waals surface area (Å²) in [7, 11) is 0. The molecule has 0 saturated heterocycles. The van der Waals surface area contributed by atoms with Gasteiger partial charge in [0.2, 0.25) is 5.91 Å². The van der Waals surface area contributed by atoms with Crippen LogP contribution in [0.5, 0.6) is 0 Å². The average Bonchev–Trinajstić information content (AvgIpc) is 2.29. The van der Waals surface area contributed by atoms with Crippen LogP contribution in [0.3, 0.4) is 0 Å². The van der Waals surface area contributed by atoms with Crippen LogP contribution in [0.4, 0.5) is 5.69 Å². The SMILES string of the molecule is CC=CC=CC(=O)Nc1cnccc1C(N)=O. The van der Waals surface area contributed by atoms with Crippen molar-refractivity contribution in [2.75, 3.05) is 5.32 Å². The summed E-state index contributed by atoms with van der Waals surface area (Å²) in [6.45, 7) is 1.84. The Morgan fingerprint density at radius 3 is 2.82 bits per heavy atom. The molecule has 0 atom stereocenters. The lowest BCUT2D eigenvalue weighted by atomic mass is 10.2. The number of nitrogens with two attached hydrogens (primary N) is 1. The minimum absolute atomic E-state index is 0.229. The van der Waals surface area contributed by atoms with E-state index in [1.807, 2.05) is 6.92 Å². The summed E-state index contributed by atoms with van der Waals surface area (Å²) in [5.74, 6) is -0.960. The minimum atomic E-state index is -0.611. The van der Waals surface area contributed by atoms with Gasteiger partial charge < -0.3 is 11.1 Å². The smallest absolute Gasteiger partial charge is 0.250 e. The lowest BCUT2D eigenvalue weighted by Gasteiger charge is -2.05. The summed E-state index contributed by atoms with van der Waals surface area (Å²) in [6.07, 6.45) is 9.26. The maximum atomic E-state index is 11.5. The molecule has 1 aromatic rings. The number of rotatable bonds is 4. The Morgan fingerprint density at radius 1 is 1.41 bits per heavy atom. The van der Waals surface area contributed by atoms with E-state index in [0.29, 0.717) is 5.69 Å². The highest BCUT2D eigenvalue weighted by Gasteiger charge is 2.08. The summed E-state index contributed by atoms with van der Waals surface area (Å²) < 4.78 is 0. The van der Waals surface area contributed by atoms with Gasteiger partial charge in [-0.2, -0.15) is 0 Å². The third kappa shape index (κ3) is 3.90. The van der Waals surface area contributed by atoms with Crippen LogP contribution < -0.4 is 11.1 Å². The number of carbonyl (C=O) groups is 2. The van der Waals surface area contributed by atoms with Crippen LogP contribution in [0, 0.1) is 0 Å². The molecule has 0 saturated carbocycles. The molecule has 88 valence electrons. The number of nitrogens with one attached hydrogen (secondary N) is 1. The largest absolute Gasteiger partial charge is 0.366 e. The molecule has 2 amide bonds. The van der Waals surface area contributed by atoms with Crippen LogP contribution in [0.15, 0.2) is 42.8 Å². The number of aromatic nitrogens is 1. The van der Waals surface area contributed by atoms with Gasteiger partial charge in [-0.25, -0.2) is 0 Å². The van der Waals surface area contributed by atoms with E-state index >= 15 is 0 Å². The van der Waals surface area contributed by atoms with Crippen LogP contribution in [0.25, 0.3) is 0 Å². The van der Waals surface area contributed by atoms with E-state index in [-0.39, 0.29) is 11.5 Å². The van der Waals surface area contributed by atoms with Crippen LogP contribution in [-0.2, 0) is 4.79 Å². The molecular formula is C12H13N3O2. The van der Waals surface area contributed by atoms with Crippen molar-refractivity contribution >= 4 is 17.5 Å². The quantitative estimate of drug-likeness (QED) is 0.604. The van der Waals surface area contributed by atoms with Gasteiger partial charge in [0.25, 0.3) is 5.91 Å². The highest BCUT2D eigenvalue weighted by atomic mass is 16.2. The number of carbonyl (C=O) groups excluding carboxylic acids is 2. The molecule has 0 aliphatic heterocycles. The predicted octanol–water partition coefficient (Wildman–Crippen LogP) is 1.25. The standard InChI is InChI=1S/C12H13N3O2/c1-2-3-4-5-11(16)15-10-8-14-7-6-9(10)12(13)17/h2-8H,1H3,(H2,13,17)(H,15,16). The third-order valence-corrected chi connectivity index (χ3v) is 1.90. The average molecular weight is 231 g/mol. The first-order valence-corrected chi connectivity index (χ1v) is 4.99. The molecule has 0 bridgehead atoms. The molecule has 1 rings (SSSR count). The van der Waals surface area contributed by atoms with Gasteiger partial charge in [0.15, 0.2) is 0 Å². The Morgan fingerprint density at radius 2 is 2.18 bits per heavy atom. The van der Waals surface area contributed by atoms with E-state index in [9.17, 15) is 9.59 Å². The van der Waals surface area contributed by atoms with Crippen molar-refractivity contribution in [1.29, 1.82) is 0 Å². The monoisotopic (exact) mass is 231 g/mol. The lowest BCUT2D eigenvalue weighted by Crippen LogP contribution is -2.17. The van der Waals surface area contributed by atoms with Gasteiger partial charge in [-0.1, -0.05) is 18.2 Å². The van der Waals surface area contributed by atoms with Crippen LogP contribution >= 0.6 is 0 Å². The number of hydrogen-bond donors (Lipinski definition) is 2. The van der Waals surface area contributed by atoms with Crippen molar-refractivity contribution in [1.82, 2.24) is 4.98 Å². The molecule has 0 spiro atoms. The van der Waals surface area contributed by atoms with E-state index in [0.717, 1.165) is 0 Å². The van der Waals surface area contributed by atoms with Gasteiger partial charge in [0.05, 0.1) is 17.4 Å². The number of allylic oxidation sites excluding steroid dienone is 3. The summed E-state index contributed by atoms with van der Waals surface area (Å²) in [5.41, 5.74) is 5.70. The van der Waals surface area contributed by atoms with Crippen molar-refractivity contribution in [3.05, 3.63) is 48.3 Å². The van der Waals surface area contributed by atoms with E-state index in [2.05, 4.69) is 10.3 Å². The molecule has 1 aromatic heterocycles. The topological polar surface area (TPSA) is 85.1 Å². The number of primary amides is 1. The van der Waals surface area contributed by atoms with Crippen molar-refractivity contribution in [2.24, 2.45) is 5.73 Å². The molecule has 5 heteroatoms. The maximum absolute atomic E-state index is 11.5. The molecule has 0 radical (unpaired) electrons. The fraction of sp³-hybridized carbons (Fsp3) is 0.0833. The number of amides is 2. The van der Waals surface area contributed by atoms with Crippen molar-refractivity contribution in [3.8, 4) is 0 Å². The second-order valence-electron chi connectivity index (χ2n) is 3.16. The Bertz CT molecular complexity index is 478. The fourth-order valence-corrected chi connectivity index (χ4v) is 1.14. The molecular weight excluding hydrogens is 218 g/mol. The Hall–Kier alpha value is -2.43. The van der Waals surface area contributed by atoms with Gasteiger partial charge in [0.1, 0.15) is 0 Å². The number of hydrogen-bond acceptors (Lipinski definition) is 3. The fourth-order valence-electron chi connectivity index (χ4n) is 1.14. The molecule has 5 nitrogen and oxygen atoms in total. The molecule has 0 aromatic carbocycles. The summed E-state index contributed by atoms with van der Waals surface area (Å²) in [4.78, 5) is 26.3. The highest BCUT2D eigenvalue weighted by molar-refractivity contribution is 6.05. The summed E-state index contributed by atoms with van der Waals surface area (Å²) in [6, 6.07) is 1.45. The van der Waals surface area contributed by atoms with Crippen LogP contribution in [0.1, 0.15) is 17.3 Å². The lowest BCUT2D eigenvalue weighted by molar-refractivity contribution is -0.111. The normalized spacial score (nSPS) is 10.9. The predicted molar refractivity (Wildman–Crippen MR) is 65.3 cm³/mol. The van der Waals surface area contributed by atoms with E-state index in [1.165, 1.54) is 24.5 Å². The number of anilines is 1. The van der Waals surface area contributed by atoms with Crippen molar-refractivity contribution in [3.63, 3.8) is 0 Å². The highest BCUT2D eigenvalue weighted by Crippen LogP contribution is 2.12. The summed E-state index contributed by atoms with van der Waals surface area (Å²) in [5, 5.41) is 2.53.